The SMILES string of the molecule is CC(C)CCCCCCCCCCCCCCC(=O)O.CCCCCCCC/C=C\CCCCCCCC(N)=O. The highest BCUT2D eigenvalue weighted by molar-refractivity contribution is 5.73. The fraction of sp³-hybridized carbons (Fsp3) is 0.889. The number of nitrogens with two attached hydrogens (primary N) is 1. The summed E-state index contributed by atoms with van der Waals surface area (Å²) < 4.78 is 0. The molecule has 0 atom stereocenters. The number of carboxylic acids is 1. The molecule has 40 heavy (non-hydrogen) atoms. The molecule has 0 aromatic carbocycles. The summed E-state index contributed by atoms with van der Waals surface area (Å²) in [5.74, 6) is 0.0477. The fourth-order valence-corrected chi connectivity index (χ4v) is 4.97. The Bertz CT molecular complexity index is 544. The second kappa shape index (κ2) is 35.7. The molecule has 0 saturated heterocycles. The smallest absolute Gasteiger partial charge is 0.303 e. The lowest BCUT2D eigenvalue weighted by atomic mass is 10.0. The first-order valence-electron chi connectivity index (χ1n) is 17.5. The van der Waals surface area contributed by atoms with E-state index in [0.717, 1.165) is 31.6 Å². The Kier molecular flexibility index (Phi) is 36.4. The van der Waals surface area contributed by atoms with Crippen molar-refractivity contribution in [2.24, 2.45) is 11.7 Å². The van der Waals surface area contributed by atoms with Crippen LogP contribution in [-0.2, 0) is 9.59 Å². The third kappa shape index (κ3) is 43.7. The number of hydrogen-bond donors (Lipinski definition) is 2. The van der Waals surface area contributed by atoms with Gasteiger partial charge in [-0.25, -0.2) is 0 Å². The van der Waals surface area contributed by atoms with Crippen LogP contribution in [0, 0.1) is 5.92 Å². The van der Waals surface area contributed by atoms with Gasteiger partial charge >= 0.3 is 5.97 Å². The highest BCUT2D eigenvalue weighted by Crippen LogP contribution is 2.14. The normalized spacial score (nSPS) is 11.2. The zero-order valence-electron chi connectivity index (χ0n) is 27.4. The minimum absolute atomic E-state index is 0.164. The van der Waals surface area contributed by atoms with Gasteiger partial charge in [-0.05, 0) is 44.4 Å². The highest BCUT2D eigenvalue weighted by atomic mass is 16.4. The Labute approximate surface area is 250 Å². The van der Waals surface area contributed by atoms with Gasteiger partial charge in [0.15, 0.2) is 0 Å². The van der Waals surface area contributed by atoms with Crippen LogP contribution in [0.4, 0.5) is 0 Å². The van der Waals surface area contributed by atoms with E-state index in [1.807, 2.05) is 0 Å². The molecule has 0 aromatic rings. The molecular formula is C36H71NO3. The van der Waals surface area contributed by atoms with Crippen molar-refractivity contribution in [1.82, 2.24) is 0 Å². The summed E-state index contributed by atoms with van der Waals surface area (Å²) in [4.78, 5) is 20.9. The maximum Gasteiger partial charge on any atom is 0.303 e. The molecule has 0 aliphatic rings. The zero-order chi connectivity index (χ0) is 29.9. The van der Waals surface area contributed by atoms with Crippen LogP contribution >= 0.6 is 0 Å². The van der Waals surface area contributed by atoms with E-state index in [9.17, 15) is 9.59 Å². The molecule has 0 aromatic heterocycles. The third-order valence-corrected chi connectivity index (χ3v) is 7.61. The van der Waals surface area contributed by atoms with Crippen LogP contribution < -0.4 is 5.73 Å². The molecule has 4 nitrogen and oxygen atoms in total. The van der Waals surface area contributed by atoms with Crippen molar-refractivity contribution in [2.75, 3.05) is 0 Å². The number of carbonyl (C=O) groups excluding carboxylic acids is 1. The quantitative estimate of drug-likeness (QED) is 0.0671. The molecule has 0 bridgehead atoms. The van der Waals surface area contributed by atoms with Crippen molar-refractivity contribution in [3.05, 3.63) is 12.2 Å². The summed E-state index contributed by atoms with van der Waals surface area (Å²) in [5, 5.41) is 8.52. The Morgan fingerprint density at radius 1 is 0.550 bits per heavy atom. The average Bonchev–Trinajstić information content (AvgIpc) is 2.91. The molecule has 0 fully saturated rings. The van der Waals surface area contributed by atoms with E-state index in [0.29, 0.717) is 12.8 Å². The minimum atomic E-state index is -0.654. The minimum Gasteiger partial charge on any atom is -0.481 e. The van der Waals surface area contributed by atoms with Gasteiger partial charge in [0, 0.05) is 12.8 Å². The van der Waals surface area contributed by atoms with Gasteiger partial charge in [0.05, 0.1) is 0 Å². The molecule has 0 rings (SSSR count). The van der Waals surface area contributed by atoms with Crippen LogP contribution in [0.3, 0.4) is 0 Å². The standard InChI is InChI=1S/C18H35NO.C18H36O2/c1-2-3-4-5-6-7-8-9-10-11-12-13-14-15-16-17-18(19)20;1-17(2)15-13-11-9-7-5-3-4-6-8-10-12-14-16-18(19)20/h9-10H,2-8,11-17H2,1H3,(H2,19,20);17H,3-16H2,1-2H3,(H,19,20)/b10-9-;. The van der Waals surface area contributed by atoms with E-state index >= 15 is 0 Å². The van der Waals surface area contributed by atoms with E-state index in [1.54, 1.807) is 0 Å². The van der Waals surface area contributed by atoms with Crippen molar-refractivity contribution >= 4 is 11.9 Å². The fourth-order valence-electron chi connectivity index (χ4n) is 4.97. The van der Waals surface area contributed by atoms with E-state index in [1.165, 1.54) is 141 Å². The van der Waals surface area contributed by atoms with E-state index in [-0.39, 0.29) is 5.91 Å². The molecule has 4 heteroatoms. The Hall–Kier alpha value is -1.32. The molecule has 0 heterocycles. The summed E-state index contributed by atoms with van der Waals surface area (Å²) in [6.07, 6.45) is 39.2. The van der Waals surface area contributed by atoms with Gasteiger partial charge < -0.3 is 10.8 Å². The predicted octanol–water partition coefficient (Wildman–Crippen LogP) is 11.7. The second-order valence-electron chi connectivity index (χ2n) is 12.4. The van der Waals surface area contributed by atoms with Gasteiger partial charge in [0.2, 0.25) is 5.91 Å². The van der Waals surface area contributed by atoms with Crippen molar-refractivity contribution < 1.29 is 14.7 Å². The summed E-state index contributed by atoms with van der Waals surface area (Å²) in [7, 11) is 0. The molecule has 0 aliphatic heterocycles. The lowest BCUT2D eigenvalue weighted by molar-refractivity contribution is -0.137. The molecule has 0 saturated carbocycles. The summed E-state index contributed by atoms with van der Waals surface area (Å²) in [6.45, 7) is 6.88. The number of amides is 1. The molecule has 1 amide bonds. The number of allylic oxidation sites excluding steroid dienone is 2. The lowest BCUT2D eigenvalue weighted by Gasteiger charge is -2.04. The molecule has 238 valence electrons. The number of unbranched alkanes of at least 4 members (excludes halogenated alkanes) is 22. The lowest BCUT2D eigenvalue weighted by Crippen LogP contribution is -2.09. The number of hydrogen-bond acceptors (Lipinski definition) is 2. The van der Waals surface area contributed by atoms with Gasteiger partial charge in [-0.15, -0.1) is 0 Å². The predicted molar refractivity (Wildman–Crippen MR) is 176 cm³/mol. The van der Waals surface area contributed by atoms with Gasteiger partial charge in [0.1, 0.15) is 0 Å². The number of carboxylic acid groups (broad SMARTS) is 1. The van der Waals surface area contributed by atoms with Crippen molar-refractivity contribution in [3.63, 3.8) is 0 Å². The number of carbonyl (C=O) groups is 2. The first-order chi connectivity index (χ1) is 19.4. The Morgan fingerprint density at radius 3 is 1.27 bits per heavy atom. The summed E-state index contributed by atoms with van der Waals surface area (Å²) in [6, 6.07) is 0. The molecule has 0 spiro atoms. The Morgan fingerprint density at radius 2 is 0.900 bits per heavy atom. The first kappa shape index (κ1) is 40.8. The van der Waals surface area contributed by atoms with E-state index < -0.39 is 5.97 Å². The number of rotatable bonds is 30. The molecule has 0 unspecified atom stereocenters. The van der Waals surface area contributed by atoms with Crippen LogP contribution in [-0.4, -0.2) is 17.0 Å². The van der Waals surface area contributed by atoms with Crippen molar-refractivity contribution in [2.45, 2.75) is 201 Å². The van der Waals surface area contributed by atoms with Crippen LogP contribution in [0.5, 0.6) is 0 Å². The second-order valence-corrected chi connectivity index (χ2v) is 12.4. The highest BCUT2D eigenvalue weighted by Gasteiger charge is 1.98. The summed E-state index contributed by atoms with van der Waals surface area (Å²) in [5.41, 5.74) is 5.10. The molecular weight excluding hydrogens is 494 g/mol. The van der Waals surface area contributed by atoms with Gasteiger partial charge in [-0.1, -0.05) is 161 Å². The zero-order valence-corrected chi connectivity index (χ0v) is 27.4. The van der Waals surface area contributed by atoms with Crippen molar-refractivity contribution in [1.29, 1.82) is 0 Å². The maximum atomic E-state index is 10.5. The number of primary amides is 1. The van der Waals surface area contributed by atoms with Crippen LogP contribution in [0.25, 0.3) is 0 Å². The van der Waals surface area contributed by atoms with Crippen LogP contribution in [0.15, 0.2) is 12.2 Å². The van der Waals surface area contributed by atoms with Crippen LogP contribution in [0.1, 0.15) is 201 Å². The molecule has 0 aliphatic carbocycles. The summed E-state index contributed by atoms with van der Waals surface area (Å²) >= 11 is 0. The molecule has 3 N–H and O–H groups in total. The maximum absolute atomic E-state index is 10.5. The largest absolute Gasteiger partial charge is 0.481 e. The monoisotopic (exact) mass is 566 g/mol. The van der Waals surface area contributed by atoms with Gasteiger partial charge in [-0.3, -0.25) is 9.59 Å². The Balaban J connectivity index is 0. The number of aliphatic carboxylic acids is 1. The van der Waals surface area contributed by atoms with Crippen LogP contribution in [0.2, 0.25) is 0 Å². The van der Waals surface area contributed by atoms with E-state index in [4.69, 9.17) is 10.8 Å². The molecule has 0 radical (unpaired) electrons. The first-order valence-corrected chi connectivity index (χ1v) is 17.5. The van der Waals surface area contributed by atoms with Gasteiger partial charge in [-0.2, -0.15) is 0 Å². The van der Waals surface area contributed by atoms with E-state index in [2.05, 4.69) is 32.9 Å². The topological polar surface area (TPSA) is 80.4 Å². The van der Waals surface area contributed by atoms with Crippen molar-refractivity contribution in [3.8, 4) is 0 Å². The average molecular weight is 566 g/mol. The van der Waals surface area contributed by atoms with Gasteiger partial charge in [0.25, 0.3) is 0 Å². The third-order valence-electron chi connectivity index (χ3n) is 7.61.